The number of benzene rings is 1. The number of hydrogen-bond donors (Lipinski definition) is 6. The van der Waals surface area contributed by atoms with Gasteiger partial charge in [-0.15, -0.1) is 0 Å². The molecule has 0 radical (unpaired) electrons. The Morgan fingerprint density at radius 2 is 1.33 bits per heavy atom. The first kappa shape index (κ1) is 53.4. The van der Waals surface area contributed by atoms with Crippen LogP contribution in [-0.2, 0) is 44.9 Å². The van der Waals surface area contributed by atoms with Gasteiger partial charge in [-0.05, 0) is 42.0 Å². The predicted octanol–water partition coefficient (Wildman–Crippen LogP) is -0.238. The topological polar surface area (TPSA) is 267 Å². The number of imide groups is 1. The third-order valence-electron chi connectivity index (χ3n) is 11.5. The molecule has 2 saturated heterocycles. The molecule has 20 nitrogen and oxygen atoms in total. The monoisotopic (exact) mass is 918 g/mol. The minimum absolute atomic E-state index is 0.0473. The van der Waals surface area contributed by atoms with Crippen molar-refractivity contribution in [2.45, 2.75) is 59.0 Å². The molecule has 2 fully saturated rings. The molecule has 2 aliphatic heterocycles. The lowest BCUT2D eigenvalue weighted by Crippen LogP contribution is -2.49. The fourth-order valence-electron chi connectivity index (χ4n) is 7.56. The number of amides is 5. The van der Waals surface area contributed by atoms with Crippen LogP contribution in [0, 0.1) is 17.8 Å². The molecule has 1 aromatic rings. The average Bonchev–Trinajstić information content (AvgIpc) is 3.48. The molecule has 1 aromatic carbocycles. The van der Waals surface area contributed by atoms with Crippen molar-refractivity contribution >= 4 is 65.0 Å². The van der Waals surface area contributed by atoms with E-state index in [1.165, 1.54) is 11.8 Å². The molecule has 0 bridgehead atoms. The maximum absolute atomic E-state index is 13.8. The Balaban J connectivity index is 1.64. The van der Waals surface area contributed by atoms with Gasteiger partial charge >= 0.3 is 17.9 Å². The summed E-state index contributed by atoms with van der Waals surface area (Å²) < 4.78 is 0. The van der Waals surface area contributed by atoms with Crippen molar-refractivity contribution in [3.63, 3.8) is 0 Å². The van der Waals surface area contributed by atoms with E-state index in [9.17, 15) is 58.5 Å². The van der Waals surface area contributed by atoms with Gasteiger partial charge in [-0.3, -0.25) is 67.7 Å². The normalized spacial score (nSPS) is 18.9. The fraction of sp³-hybridized carbons (Fsp3) is 0.651. The smallest absolute Gasteiger partial charge is 0.317 e. The Labute approximate surface area is 378 Å². The number of rotatable bonds is 24. The minimum atomic E-state index is -1.05. The van der Waals surface area contributed by atoms with Crippen LogP contribution >= 0.6 is 11.8 Å². The number of ketones is 1. The summed E-state index contributed by atoms with van der Waals surface area (Å²) >= 11 is 1.51. The molecule has 356 valence electrons. The van der Waals surface area contributed by atoms with Crippen LogP contribution in [0.4, 0.5) is 0 Å². The predicted molar refractivity (Wildman–Crippen MR) is 237 cm³/mol. The maximum atomic E-state index is 13.8. The van der Waals surface area contributed by atoms with Crippen molar-refractivity contribution in [3.05, 3.63) is 35.4 Å². The Bertz CT molecular complexity index is 1770. The third kappa shape index (κ3) is 18.6. The number of likely N-dealkylation sites (tertiary alicyclic amines) is 1. The summed E-state index contributed by atoms with van der Waals surface area (Å²) in [6.45, 7) is 6.77. The van der Waals surface area contributed by atoms with Gasteiger partial charge in [0.05, 0.1) is 32.2 Å². The zero-order valence-corrected chi connectivity index (χ0v) is 38.2. The fourth-order valence-corrected chi connectivity index (χ4v) is 8.03. The highest BCUT2D eigenvalue weighted by Crippen LogP contribution is 2.22. The number of carbonyl (C=O) groups is 9. The van der Waals surface area contributed by atoms with Gasteiger partial charge in [-0.25, -0.2) is 0 Å². The number of Topliss-reactive ketones (excluding diaryl/α,β-unsaturated/α-hetero) is 1. The minimum Gasteiger partial charge on any atom is -0.480 e. The average molecular weight is 919 g/mol. The molecule has 2 heterocycles. The molecule has 5 amide bonds. The summed E-state index contributed by atoms with van der Waals surface area (Å²) in [6, 6.07) is 5.70. The lowest BCUT2D eigenvalue weighted by molar-refractivity contribution is -0.140. The van der Waals surface area contributed by atoms with E-state index >= 15 is 0 Å². The van der Waals surface area contributed by atoms with E-state index in [4.69, 9.17) is 0 Å². The molecule has 6 N–H and O–H groups in total. The maximum Gasteiger partial charge on any atom is 0.317 e. The molecule has 3 rings (SSSR count). The highest BCUT2D eigenvalue weighted by Gasteiger charge is 2.36. The molecule has 0 aromatic heterocycles. The summed E-state index contributed by atoms with van der Waals surface area (Å²) in [7, 11) is 0. The number of aliphatic carboxylic acids is 3. The van der Waals surface area contributed by atoms with E-state index in [-0.39, 0.29) is 152 Å². The Morgan fingerprint density at radius 1 is 0.797 bits per heavy atom. The molecule has 0 aliphatic carbocycles. The van der Waals surface area contributed by atoms with Crippen molar-refractivity contribution in [1.29, 1.82) is 0 Å². The molecular formula is C43H66N8O12S. The lowest BCUT2D eigenvalue weighted by atomic mass is 9.85. The highest BCUT2D eigenvalue weighted by molar-refractivity contribution is 7.98. The quantitative estimate of drug-likeness (QED) is 0.0731. The van der Waals surface area contributed by atoms with Gasteiger partial charge in [0.15, 0.2) is 5.78 Å². The van der Waals surface area contributed by atoms with Gasteiger partial charge in [-0.1, -0.05) is 39.3 Å². The molecule has 64 heavy (non-hydrogen) atoms. The SMILES string of the molecule is CC[C@H](C)[C@H](CC(=O)[C@H](CCSC)NC(=O)c1cccc(CNC(=O)CN2CCN(CC(=O)O)CCN(CC(=O)O)CCN(CC(=O)O)CC2)c1)C(=O)NCCN1C(=O)CC(C)C1=O. The molecule has 1 unspecified atom stereocenters. The summed E-state index contributed by atoms with van der Waals surface area (Å²) in [5.41, 5.74) is 0.862. The summed E-state index contributed by atoms with van der Waals surface area (Å²) in [6.07, 6.45) is 2.84. The number of nitrogens with one attached hydrogen (secondary N) is 3. The van der Waals surface area contributed by atoms with Crippen LogP contribution in [-0.4, -0.2) is 203 Å². The van der Waals surface area contributed by atoms with Crippen LogP contribution in [0.1, 0.15) is 62.4 Å². The first-order chi connectivity index (χ1) is 30.4. The molecule has 2 aliphatic rings. The van der Waals surface area contributed by atoms with Crippen molar-refractivity contribution in [2.24, 2.45) is 17.8 Å². The van der Waals surface area contributed by atoms with Gasteiger partial charge in [0.2, 0.25) is 23.6 Å². The zero-order chi connectivity index (χ0) is 47.3. The first-order valence-corrected chi connectivity index (χ1v) is 23.1. The van der Waals surface area contributed by atoms with Gasteiger partial charge in [0, 0.05) is 102 Å². The standard InChI is InChI=1S/C43H66N8O12S/c1-5-29(2)33(42(62)44-10-11-51-37(54)21-30(3)43(51)63)23-35(52)34(9-20-64-4)46-41(61)32-8-6-7-31(22-32)24-45-36(53)25-47-12-14-48(26-38(55)56)16-18-50(28-40(59)60)19-17-49(15-13-47)27-39(57)58/h6-8,22,29-30,33-34H,5,9-21,23-28H2,1-4H3,(H,44,62)(H,45,53)(H,46,61)(H,55,56)(H,57,58)(H,59,60)/t29-,30?,33-,34-/m0/s1. The van der Waals surface area contributed by atoms with E-state index in [2.05, 4.69) is 16.0 Å². The van der Waals surface area contributed by atoms with Gasteiger partial charge < -0.3 is 31.3 Å². The molecule has 0 saturated carbocycles. The number of carbonyl (C=O) groups excluding carboxylic acids is 6. The van der Waals surface area contributed by atoms with E-state index in [0.29, 0.717) is 24.2 Å². The molecule has 0 spiro atoms. The van der Waals surface area contributed by atoms with Gasteiger partial charge in [0.1, 0.15) is 0 Å². The van der Waals surface area contributed by atoms with Crippen LogP contribution in [0.25, 0.3) is 0 Å². The highest BCUT2D eigenvalue weighted by atomic mass is 32.2. The van der Waals surface area contributed by atoms with Gasteiger partial charge in [0.25, 0.3) is 5.91 Å². The number of thioether (sulfide) groups is 1. The second-order valence-electron chi connectivity index (χ2n) is 16.5. The Morgan fingerprint density at radius 3 is 1.80 bits per heavy atom. The molecule has 21 heteroatoms. The number of carboxylic acid groups (broad SMARTS) is 3. The summed E-state index contributed by atoms with van der Waals surface area (Å²) in [5.74, 6) is -5.95. The molecule has 4 atom stereocenters. The number of carboxylic acids is 3. The van der Waals surface area contributed by atoms with Crippen molar-refractivity contribution in [2.75, 3.05) is 104 Å². The van der Waals surface area contributed by atoms with Crippen molar-refractivity contribution in [3.8, 4) is 0 Å². The van der Waals surface area contributed by atoms with E-state index in [1.54, 1.807) is 50.8 Å². The number of nitrogens with zero attached hydrogens (tertiary/aromatic N) is 5. The Kier molecular flexibility index (Phi) is 22.8. The first-order valence-electron chi connectivity index (χ1n) is 21.7. The third-order valence-corrected chi connectivity index (χ3v) is 12.2. The second-order valence-corrected chi connectivity index (χ2v) is 17.5. The Hall–Kier alpha value is -4.96. The zero-order valence-electron chi connectivity index (χ0n) is 37.4. The van der Waals surface area contributed by atoms with Crippen LogP contribution in [0.15, 0.2) is 24.3 Å². The number of hydrogen-bond acceptors (Lipinski definition) is 14. The van der Waals surface area contributed by atoms with E-state index in [1.807, 2.05) is 20.1 Å². The second kappa shape index (κ2) is 27.4. The van der Waals surface area contributed by atoms with Crippen LogP contribution in [0.5, 0.6) is 0 Å². The molecular weight excluding hydrogens is 853 g/mol. The van der Waals surface area contributed by atoms with Crippen LogP contribution in [0.3, 0.4) is 0 Å². The summed E-state index contributed by atoms with van der Waals surface area (Å²) in [4.78, 5) is 121. The van der Waals surface area contributed by atoms with Crippen molar-refractivity contribution in [1.82, 2.24) is 40.4 Å². The largest absolute Gasteiger partial charge is 0.480 e. The van der Waals surface area contributed by atoms with Gasteiger partial charge in [-0.2, -0.15) is 11.8 Å². The van der Waals surface area contributed by atoms with Crippen molar-refractivity contribution < 1.29 is 58.5 Å². The van der Waals surface area contributed by atoms with Crippen LogP contribution in [0.2, 0.25) is 0 Å². The summed E-state index contributed by atoms with van der Waals surface area (Å²) in [5, 5.41) is 36.9. The lowest BCUT2D eigenvalue weighted by Gasteiger charge is -2.32. The van der Waals surface area contributed by atoms with E-state index < -0.39 is 41.7 Å². The van der Waals surface area contributed by atoms with Crippen LogP contribution < -0.4 is 16.0 Å². The van der Waals surface area contributed by atoms with E-state index in [0.717, 1.165) is 4.90 Å².